The van der Waals surface area contributed by atoms with Crippen molar-refractivity contribution in [3.05, 3.63) is 90.0 Å². The molecule has 4 aromatic rings. The molecule has 1 atom stereocenters. The molecule has 6 rings (SSSR count). The van der Waals surface area contributed by atoms with Crippen molar-refractivity contribution in [2.45, 2.75) is 45.8 Å². The average molecular weight is 461 g/mol. The molecule has 0 aromatic heterocycles. The Labute approximate surface area is 208 Å². The standard InChI is InChI=1S/C32H32N2O/c1-21(2)19-34-29-13-9-8-12-27(29)31(4,5)32(34)20-33-28-18-26(23-16-14-22(3)15-17-23)24-10-6-7-11-25(24)30(28)35-32/h6-18,20-21H,19H2,1-5H3. The van der Waals surface area contributed by atoms with Gasteiger partial charge in [-0.15, -0.1) is 0 Å². The van der Waals surface area contributed by atoms with Crippen LogP contribution in [-0.4, -0.2) is 18.5 Å². The van der Waals surface area contributed by atoms with Crippen molar-refractivity contribution in [2.24, 2.45) is 10.9 Å². The Morgan fingerprint density at radius 2 is 1.57 bits per heavy atom. The van der Waals surface area contributed by atoms with Crippen LogP contribution in [0.25, 0.3) is 21.9 Å². The number of rotatable bonds is 3. The molecule has 0 bridgehead atoms. The first-order valence-corrected chi connectivity index (χ1v) is 12.6. The topological polar surface area (TPSA) is 24.8 Å². The van der Waals surface area contributed by atoms with Gasteiger partial charge in [0, 0.05) is 17.6 Å². The molecule has 0 saturated carbocycles. The fourth-order valence-corrected chi connectivity index (χ4v) is 5.81. The molecule has 1 spiro atoms. The van der Waals surface area contributed by atoms with Crippen molar-refractivity contribution in [1.29, 1.82) is 0 Å². The number of benzene rings is 4. The van der Waals surface area contributed by atoms with E-state index >= 15 is 0 Å². The van der Waals surface area contributed by atoms with E-state index in [0.29, 0.717) is 5.92 Å². The van der Waals surface area contributed by atoms with Gasteiger partial charge in [-0.2, -0.15) is 0 Å². The fourth-order valence-electron chi connectivity index (χ4n) is 5.81. The first-order chi connectivity index (χ1) is 16.8. The molecule has 176 valence electrons. The van der Waals surface area contributed by atoms with Gasteiger partial charge >= 0.3 is 0 Å². The van der Waals surface area contributed by atoms with Gasteiger partial charge in [-0.1, -0.05) is 86.1 Å². The highest BCUT2D eigenvalue weighted by Crippen LogP contribution is 2.56. The van der Waals surface area contributed by atoms with Gasteiger partial charge in [-0.05, 0) is 60.9 Å². The third-order valence-corrected chi connectivity index (χ3v) is 7.69. The molecule has 35 heavy (non-hydrogen) atoms. The maximum Gasteiger partial charge on any atom is 0.228 e. The summed E-state index contributed by atoms with van der Waals surface area (Å²) >= 11 is 0. The van der Waals surface area contributed by atoms with E-state index in [-0.39, 0.29) is 5.41 Å². The number of ether oxygens (including phenoxy) is 1. The lowest BCUT2D eigenvalue weighted by Crippen LogP contribution is -2.62. The first kappa shape index (κ1) is 21.9. The van der Waals surface area contributed by atoms with Crippen LogP contribution in [-0.2, 0) is 5.41 Å². The van der Waals surface area contributed by atoms with Gasteiger partial charge in [0.2, 0.25) is 5.72 Å². The normalized spacial score (nSPS) is 19.8. The SMILES string of the molecule is Cc1ccc(-c2cc3c(c4ccccc24)OC2(C=N3)N(CC(C)C)c3ccccc3C2(C)C)cc1. The van der Waals surface area contributed by atoms with Crippen LogP contribution in [0.3, 0.4) is 0 Å². The number of anilines is 1. The minimum Gasteiger partial charge on any atom is -0.459 e. The van der Waals surface area contributed by atoms with Crippen LogP contribution in [0.2, 0.25) is 0 Å². The predicted octanol–water partition coefficient (Wildman–Crippen LogP) is 8.06. The van der Waals surface area contributed by atoms with Crippen LogP contribution in [0.5, 0.6) is 5.75 Å². The Morgan fingerprint density at radius 1 is 0.886 bits per heavy atom. The number of nitrogens with zero attached hydrogens (tertiary/aromatic N) is 2. The Kier molecular flexibility index (Phi) is 4.83. The summed E-state index contributed by atoms with van der Waals surface area (Å²) in [6, 6.07) is 28.2. The maximum absolute atomic E-state index is 7.19. The molecule has 2 heterocycles. The Morgan fingerprint density at radius 3 is 2.31 bits per heavy atom. The zero-order valence-electron chi connectivity index (χ0n) is 21.2. The van der Waals surface area contributed by atoms with Crippen molar-refractivity contribution < 1.29 is 4.74 Å². The van der Waals surface area contributed by atoms with Crippen molar-refractivity contribution >= 4 is 28.4 Å². The summed E-state index contributed by atoms with van der Waals surface area (Å²) < 4.78 is 7.19. The van der Waals surface area contributed by atoms with E-state index in [1.807, 2.05) is 0 Å². The van der Waals surface area contributed by atoms with E-state index in [4.69, 9.17) is 9.73 Å². The van der Waals surface area contributed by atoms with Crippen LogP contribution in [0.1, 0.15) is 38.8 Å². The second kappa shape index (κ2) is 7.71. The summed E-state index contributed by atoms with van der Waals surface area (Å²) in [6.45, 7) is 12.1. The van der Waals surface area contributed by atoms with Crippen LogP contribution >= 0.6 is 0 Å². The van der Waals surface area contributed by atoms with Gasteiger partial charge in [0.05, 0.1) is 11.6 Å². The van der Waals surface area contributed by atoms with Crippen LogP contribution in [0.15, 0.2) is 83.9 Å². The highest BCUT2D eigenvalue weighted by molar-refractivity contribution is 6.05. The number of aryl methyl sites for hydroxylation is 1. The number of hydrogen-bond acceptors (Lipinski definition) is 3. The molecule has 3 heteroatoms. The summed E-state index contributed by atoms with van der Waals surface area (Å²) in [4.78, 5) is 7.56. The molecule has 0 radical (unpaired) electrons. The van der Waals surface area contributed by atoms with Crippen molar-refractivity contribution in [3.63, 3.8) is 0 Å². The highest BCUT2D eigenvalue weighted by atomic mass is 16.5. The monoisotopic (exact) mass is 460 g/mol. The van der Waals surface area contributed by atoms with Gasteiger partial charge in [-0.25, -0.2) is 0 Å². The zero-order valence-corrected chi connectivity index (χ0v) is 21.2. The van der Waals surface area contributed by atoms with Gasteiger partial charge in [0.25, 0.3) is 0 Å². The minimum absolute atomic E-state index is 0.281. The molecular weight excluding hydrogens is 428 g/mol. The molecular formula is C32H32N2O. The van der Waals surface area contributed by atoms with Crippen molar-refractivity contribution in [2.75, 3.05) is 11.4 Å². The van der Waals surface area contributed by atoms with E-state index in [1.54, 1.807) is 0 Å². The Balaban J connectivity index is 1.57. The van der Waals surface area contributed by atoms with E-state index in [0.717, 1.165) is 23.4 Å². The second-order valence-electron chi connectivity index (χ2n) is 10.9. The molecule has 1 unspecified atom stereocenters. The molecule has 0 amide bonds. The third-order valence-electron chi connectivity index (χ3n) is 7.69. The molecule has 2 aliphatic rings. The minimum atomic E-state index is -0.692. The average Bonchev–Trinajstić information content (AvgIpc) is 3.03. The third kappa shape index (κ3) is 3.14. The van der Waals surface area contributed by atoms with Gasteiger partial charge < -0.3 is 9.64 Å². The predicted molar refractivity (Wildman–Crippen MR) is 147 cm³/mol. The van der Waals surface area contributed by atoms with Gasteiger partial charge in [-0.3, -0.25) is 4.99 Å². The van der Waals surface area contributed by atoms with Crippen LogP contribution in [0.4, 0.5) is 11.4 Å². The van der Waals surface area contributed by atoms with Crippen molar-refractivity contribution in [1.82, 2.24) is 0 Å². The molecule has 0 N–H and O–H groups in total. The summed E-state index contributed by atoms with van der Waals surface area (Å²) in [7, 11) is 0. The number of fused-ring (bicyclic) bond motifs is 4. The summed E-state index contributed by atoms with van der Waals surface area (Å²) in [5.41, 5.74) is 6.09. The molecule has 0 aliphatic carbocycles. The Hall–Kier alpha value is -3.59. The quantitative estimate of drug-likeness (QED) is 0.309. The summed E-state index contributed by atoms with van der Waals surface area (Å²) in [5.74, 6) is 1.35. The Bertz CT molecular complexity index is 1470. The van der Waals surface area contributed by atoms with Crippen molar-refractivity contribution in [3.8, 4) is 16.9 Å². The van der Waals surface area contributed by atoms with Crippen LogP contribution in [0, 0.1) is 12.8 Å². The van der Waals surface area contributed by atoms with E-state index in [9.17, 15) is 0 Å². The second-order valence-corrected chi connectivity index (χ2v) is 10.9. The lowest BCUT2D eigenvalue weighted by atomic mass is 9.77. The summed E-state index contributed by atoms with van der Waals surface area (Å²) in [6.07, 6.45) is 2.06. The summed E-state index contributed by atoms with van der Waals surface area (Å²) in [5, 5.41) is 2.29. The first-order valence-electron chi connectivity index (χ1n) is 12.6. The maximum atomic E-state index is 7.19. The van der Waals surface area contributed by atoms with Gasteiger partial charge in [0.1, 0.15) is 5.69 Å². The molecule has 0 saturated heterocycles. The number of hydrogen-bond donors (Lipinski definition) is 0. The number of aliphatic imine (C=N–C) groups is 1. The number of para-hydroxylation sites is 1. The highest BCUT2D eigenvalue weighted by Gasteiger charge is 2.59. The molecule has 3 nitrogen and oxygen atoms in total. The molecule has 4 aromatic carbocycles. The lowest BCUT2D eigenvalue weighted by molar-refractivity contribution is 0.0772. The fraction of sp³-hybridized carbons (Fsp3) is 0.281. The van der Waals surface area contributed by atoms with Crippen LogP contribution < -0.4 is 9.64 Å². The lowest BCUT2D eigenvalue weighted by Gasteiger charge is -2.47. The smallest absolute Gasteiger partial charge is 0.228 e. The zero-order chi connectivity index (χ0) is 24.4. The molecule has 2 aliphatic heterocycles. The van der Waals surface area contributed by atoms with E-state index < -0.39 is 5.72 Å². The van der Waals surface area contributed by atoms with Gasteiger partial charge in [0.15, 0.2) is 5.75 Å². The van der Waals surface area contributed by atoms with E-state index in [2.05, 4.69) is 125 Å². The van der Waals surface area contributed by atoms with E-state index in [1.165, 1.54) is 33.3 Å². The largest absolute Gasteiger partial charge is 0.459 e. The molecule has 0 fully saturated rings.